The second kappa shape index (κ2) is 8.20. The molecule has 0 saturated carbocycles. The lowest BCUT2D eigenvalue weighted by Crippen LogP contribution is -2.25. The van der Waals surface area contributed by atoms with Crippen LogP contribution in [0.4, 0.5) is 0 Å². The number of benzene rings is 1. The zero-order valence-electron chi connectivity index (χ0n) is 11.8. The Morgan fingerprint density at radius 2 is 1.84 bits per heavy atom. The molecule has 0 spiro atoms. The minimum absolute atomic E-state index is 0.606. The van der Waals surface area contributed by atoms with Crippen molar-refractivity contribution in [2.75, 3.05) is 19.6 Å². The van der Waals surface area contributed by atoms with Crippen molar-refractivity contribution in [3.63, 3.8) is 0 Å². The molecule has 1 rings (SSSR count). The minimum Gasteiger partial charge on any atom is -0.281 e. The zero-order chi connectivity index (χ0) is 14.1. The summed E-state index contributed by atoms with van der Waals surface area (Å²) in [7, 11) is 0. The Labute approximate surface area is 117 Å². The van der Waals surface area contributed by atoms with Gasteiger partial charge in [-0.1, -0.05) is 42.2 Å². The predicted octanol–water partition coefficient (Wildman–Crippen LogP) is 3.36. The fourth-order valence-electron chi connectivity index (χ4n) is 2.12. The molecule has 0 amide bonds. The van der Waals surface area contributed by atoms with Crippen molar-refractivity contribution >= 4 is 5.57 Å². The fourth-order valence-corrected chi connectivity index (χ4v) is 2.12. The van der Waals surface area contributed by atoms with Gasteiger partial charge in [0.05, 0.1) is 13.1 Å². The standard InChI is InChI=1S/C18H21N/c1-5-13-19(14-6-2)15-12-17(7-3)18-11-9-8-10-16(18)4/h1-2,7-11H,12-15H2,3-4H3/b17-7-. The summed E-state index contributed by atoms with van der Waals surface area (Å²) < 4.78 is 0. The van der Waals surface area contributed by atoms with Crippen LogP contribution >= 0.6 is 0 Å². The van der Waals surface area contributed by atoms with Gasteiger partial charge in [0.15, 0.2) is 0 Å². The van der Waals surface area contributed by atoms with Gasteiger partial charge in [-0.25, -0.2) is 0 Å². The predicted molar refractivity (Wildman–Crippen MR) is 83.6 cm³/mol. The van der Waals surface area contributed by atoms with E-state index in [1.54, 1.807) is 0 Å². The van der Waals surface area contributed by atoms with Crippen LogP contribution in [0.5, 0.6) is 0 Å². The van der Waals surface area contributed by atoms with E-state index in [-0.39, 0.29) is 0 Å². The molecule has 0 saturated heterocycles. The highest BCUT2D eigenvalue weighted by Gasteiger charge is 2.07. The second-order valence-electron chi connectivity index (χ2n) is 4.50. The Kier molecular flexibility index (Phi) is 6.51. The zero-order valence-corrected chi connectivity index (χ0v) is 11.8. The van der Waals surface area contributed by atoms with Crippen LogP contribution in [0.3, 0.4) is 0 Å². The molecular weight excluding hydrogens is 230 g/mol. The fraction of sp³-hybridized carbons (Fsp3) is 0.333. The normalized spacial score (nSPS) is 11.1. The first kappa shape index (κ1) is 15.1. The summed E-state index contributed by atoms with van der Waals surface area (Å²) in [4.78, 5) is 2.11. The van der Waals surface area contributed by atoms with E-state index in [0.29, 0.717) is 13.1 Å². The molecule has 0 atom stereocenters. The SMILES string of the molecule is C#CCN(CC#C)CC/C(=C/C)c1ccccc1C. The van der Waals surface area contributed by atoms with Crippen LogP contribution < -0.4 is 0 Å². The average molecular weight is 251 g/mol. The molecule has 1 heteroatoms. The maximum atomic E-state index is 5.36. The Balaban J connectivity index is 2.72. The van der Waals surface area contributed by atoms with Crippen LogP contribution in [-0.2, 0) is 0 Å². The van der Waals surface area contributed by atoms with Crippen molar-refractivity contribution in [3.05, 3.63) is 41.5 Å². The summed E-state index contributed by atoms with van der Waals surface area (Å²) in [6.45, 7) is 6.32. The summed E-state index contributed by atoms with van der Waals surface area (Å²) in [6, 6.07) is 8.44. The summed E-state index contributed by atoms with van der Waals surface area (Å²) in [5.74, 6) is 5.31. The third kappa shape index (κ3) is 4.66. The highest BCUT2D eigenvalue weighted by molar-refractivity contribution is 5.67. The molecule has 0 fully saturated rings. The molecule has 0 bridgehead atoms. The first-order valence-electron chi connectivity index (χ1n) is 6.53. The molecule has 1 aromatic rings. The topological polar surface area (TPSA) is 3.24 Å². The van der Waals surface area contributed by atoms with Crippen LogP contribution in [0.25, 0.3) is 5.57 Å². The third-order valence-corrected chi connectivity index (χ3v) is 3.17. The molecule has 0 unspecified atom stereocenters. The molecule has 0 N–H and O–H groups in total. The first-order valence-corrected chi connectivity index (χ1v) is 6.53. The van der Waals surface area contributed by atoms with Crippen LogP contribution in [0.2, 0.25) is 0 Å². The Morgan fingerprint density at radius 1 is 1.21 bits per heavy atom. The number of rotatable bonds is 6. The highest BCUT2D eigenvalue weighted by Crippen LogP contribution is 2.21. The number of hydrogen-bond donors (Lipinski definition) is 0. The van der Waals surface area contributed by atoms with Crippen LogP contribution in [0.15, 0.2) is 30.3 Å². The van der Waals surface area contributed by atoms with Gasteiger partial charge in [0, 0.05) is 6.54 Å². The summed E-state index contributed by atoms with van der Waals surface area (Å²) in [6.07, 6.45) is 13.9. The van der Waals surface area contributed by atoms with E-state index in [1.165, 1.54) is 16.7 Å². The van der Waals surface area contributed by atoms with Crippen molar-refractivity contribution in [3.8, 4) is 24.7 Å². The Morgan fingerprint density at radius 3 is 2.37 bits per heavy atom. The smallest absolute Gasteiger partial charge is 0.0607 e. The summed E-state index contributed by atoms with van der Waals surface area (Å²) in [5, 5.41) is 0. The molecule has 0 aromatic heterocycles. The van der Waals surface area contributed by atoms with E-state index < -0.39 is 0 Å². The largest absolute Gasteiger partial charge is 0.281 e. The molecule has 98 valence electrons. The summed E-state index contributed by atoms with van der Waals surface area (Å²) in [5.41, 5.74) is 3.96. The lowest BCUT2D eigenvalue weighted by atomic mass is 9.98. The molecule has 1 aromatic carbocycles. The molecule has 0 heterocycles. The Bertz CT molecular complexity index is 495. The monoisotopic (exact) mass is 251 g/mol. The number of nitrogens with zero attached hydrogens (tertiary/aromatic N) is 1. The van der Waals surface area contributed by atoms with Gasteiger partial charge in [0.1, 0.15) is 0 Å². The average Bonchev–Trinajstić information content (AvgIpc) is 2.41. The van der Waals surface area contributed by atoms with Crippen molar-refractivity contribution in [1.29, 1.82) is 0 Å². The van der Waals surface area contributed by atoms with Gasteiger partial charge in [-0.05, 0) is 37.0 Å². The van der Waals surface area contributed by atoms with Gasteiger partial charge in [0.2, 0.25) is 0 Å². The van der Waals surface area contributed by atoms with Crippen molar-refractivity contribution in [2.45, 2.75) is 20.3 Å². The lowest BCUT2D eigenvalue weighted by molar-refractivity contribution is 0.354. The van der Waals surface area contributed by atoms with Gasteiger partial charge >= 0.3 is 0 Å². The van der Waals surface area contributed by atoms with Crippen molar-refractivity contribution < 1.29 is 0 Å². The van der Waals surface area contributed by atoms with Gasteiger partial charge < -0.3 is 0 Å². The van der Waals surface area contributed by atoms with E-state index in [1.807, 2.05) is 0 Å². The maximum absolute atomic E-state index is 5.36. The maximum Gasteiger partial charge on any atom is 0.0607 e. The number of hydrogen-bond acceptors (Lipinski definition) is 1. The number of terminal acetylenes is 2. The van der Waals surface area contributed by atoms with Crippen LogP contribution in [0, 0.1) is 31.6 Å². The van der Waals surface area contributed by atoms with E-state index in [2.05, 4.69) is 60.9 Å². The van der Waals surface area contributed by atoms with E-state index in [9.17, 15) is 0 Å². The molecule has 1 nitrogen and oxygen atoms in total. The van der Waals surface area contributed by atoms with Crippen LogP contribution in [0.1, 0.15) is 24.5 Å². The quantitative estimate of drug-likeness (QED) is 0.701. The summed E-state index contributed by atoms with van der Waals surface area (Å²) >= 11 is 0. The molecule has 0 aliphatic rings. The van der Waals surface area contributed by atoms with Gasteiger partial charge in [-0.2, -0.15) is 0 Å². The van der Waals surface area contributed by atoms with Crippen molar-refractivity contribution in [2.24, 2.45) is 0 Å². The molecular formula is C18H21N. The van der Waals surface area contributed by atoms with Crippen molar-refractivity contribution in [1.82, 2.24) is 4.90 Å². The van der Waals surface area contributed by atoms with E-state index in [4.69, 9.17) is 12.8 Å². The Hall–Kier alpha value is -1.96. The molecule has 0 aliphatic carbocycles. The lowest BCUT2D eigenvalue weighted by Gasteiger charge is -2.18. The molecule has 0 radical (unpaired) electrons. The molecule has 19 heavy (non-hydrogen) atoms. The second-order valence-corrected chi connectivity index (χ2v) is 4.50. The van der Waals surface area contributed by atoms with E-state index >= 15 is 0 Å². The highest BCUT2D eigenvalue weighted by atomic mass is 15.1. The third-order valence-electron chi connectivity index (χ3n) is 3.17. The van der Waals surface area contributed by atoms with Crippen LogP contribution in [-0.4, -0.2) is 24.5 Å². The van der Waals surface area contributed by atoms with Gasteiger partial charge in [-0.15, -0.1) is 12.8 Å². The minimum atomic E-state index is 0.606. The van der Waals surface area contributed by atoms with Gasteiger partial charge in [-0.3, -0.25) is 4.90 Å². The van der Waals surface area contributed by atoms with E-state index in [0.717, 1.165) is 13.0 Å². The first-order chi connectivity index (χ1) is 9.22. The number of aryl methyl sites for hydroxylation is 1. The number of allylic oxidation sites excluding steroid dienone is 1. The molecule has 0 aliphatic heterocycles. The van der Waals surface area contributed by atoms with Gasteiger partial charge in [0.25, 0.3) is 0 Å².